The van der Waals surface area contributed by atoms with Gasteiger partial charge in [-0.05, 0) is 18.9 Å². The third kappa shape index (κ3) is 3.26. The van der Waals surface area contributed by atoms with E-state index in [0.29, 0.717) is 5.92 Å². The van der Waals surface area contributed by atoms with Gasteiger partial charge < -0.3 is 10.1 Å². The van der Waals surface area contributed by atoms with Crippen molar-refractivity contribution in [2.24, 2.45) is 5.92 Å². The van der Waals surface area contributed by atoms with E-state index < -0.39 is 0 Å². The molecule has 0 saturated carbocycles. The van der Waals surface area contributed by atoms with Crippen LogP contribution >= 0.6 is 11.3 Å². The summed E-state index contributed by atoms with van der Waals surface area (Å²) >= 11 is 1.72. The maximum atomic E-state index is 5.91. The standard InChI is InChI=1S/C16H20N2OS/c1-12-11-20-15(18-12)10-17-9-14-7-8-19-16(14)13-5-3-2-4-6-13/h2-6,11,14,16-17H,7-10H2,1H3/t14-,16-/m1/s1. The van der Waals surface area contributed by atoms with Gasteiger partial charge >= 0.3 is 0 Å². The van der Waals surface area contributed by atoms with Gasteiger partial charge in [-0.15, -0.1) is 11.3 Å². The van der Waals surface area contributed by atoms with Gasteiger partial charge in [0.25, 0.3) is 0 Å². The number of aryl methyl sites for hydroxylation is 1. The summed E-state index contributed by atoms with van der Waals surface area (Å²) in [4.78, 5) is 4.48. The van der Waals surface area contributed by atoms with Crippen molar-refractivity contribution in [3.63, 3.8) is 0 Å². The number of hydrogen-bond acceptors (Lipinski definition) is 4. The van der Waals surface area contributed by atoms with Crippen LogP contribution in [0.5, 0.6) is 0 Å². The fraction of sp³-hybridized carbons (Fsp3) is 0.438. The molecular formula is C16H20N2OS. The Morgan fingerprint density at radius 3 is 2.95 bits per heavy atom. The topological polar surface area (TPSA) is 34.1 Å². The Labute approximate surface area is 124 Å². The van der Waals surface area contributed by atoms with E-state index in [0.717, 1.165) is 36.8 Å². The second-order valence-electron chi connectivity index (χ2n) is 5.26. The van der Waals surface area contributed by atoms with E-state index in [1.807, 2.05) is 6.92 Å². The zero-order chi connectivity index (χ0) is 13.8. The summed E-state index contributed by atoms with van der Waals surface area (Å²) in [6.07, 6.45) is 1.37. The number of nitrogens with one attached hydrogen (secondary N) is 1. The van der Waals surface area contributed by atoms with Crippen molar-refractivity contribution in [3.8, 4) is 0 Å². The van der Waals surface area contributed by atoms with Gasteiger partial charge in [-0.2, -0.15) is 0 Å². The van der Waals surface area contributed by atoms with Gasteiger partial charge in [-0.3, -0.25) is 0 Å². The number of rotatable bonds is 5. The summed E-state index contributed by atoms with van der Waals surface area (Å²) in [6, 6.07) is 10.5. The summed E-state index contributed by atoms with van der Waals surface area (Å²) in [5.74, 6) is 0.554. The first kappa shape index (κ1) is 13.7. The smallest absolute Gasteiger partial charge is 0.107 e. The molecule has 4 heteroatoms. The van der Waals surface area contributed by atoms with Crippen LogP contribution in [0.15, 0.2) is 35.7 Å². The average molecular weight is 288 g/mol. The normalized spacial score (nSPS) is 22.2. The Balaban J connectivity index is 1.54. The molecule has 1 saturated heterocycles. The van der Waals surface area contributed by atoms with E-state index in [4.69, 9.17) is 4.74 Å². The average Bonchev–Trinajstić information content (AvgIpc) is 3.09. The highest BCUT2D eigenvalue weighted by atomic mass is 32.1. The largest absolute Gasteiger partial charge is 0.373 e. The Bertz CT molecular complexity index is 540. The number of ether oxygens (including phenoxy) is 1. The minimum absolute atomic E-state index is 0.238. The van der Waals surface area contributed by atoms with Crippen LogP contribution in [0.2, 0.25) is 0 Å². The Kier molecular flexibility index (Phi) is 4.45. The first-order valence-corrected chi connectivity index (χ1v) is 7.99. The molecule has 1 aliphatic heterocycles. The van der Waals surface area contributed by atoms with Crippen molar-refractivity contribution < 1.29 is 4.74 Å². The van der Waals surface area contributed by atoms with Crippen LogP contribution in [-0.2, 0) is 11.3 Å². The predicted octanol–water partition coefficient (Wildman–Crippen LogP) is 3.32. The molecule has 3 nitrogen and oxygen atoms in total. The SMILES string of the molecule is Cc1csc(CNC[C@H]2CCO[C@@H]2c2ccccc2)n1. The second-order valence-corrected chi connectivity index (χ2v) is 6.21. The summed E-state index contributed by atoms with van der Waals surface area (Å²) in [7, 11) is 0. The summed E-state index contributed by atoms with van der Waals surface area (Å²) in [5.41, 5.74) is 2.40. The van der Waals surface area contributed by atoms with Crippen molar-refractivity contribution >= 4 is 11.3 Å². The van der Waals surface area contributed by atoms with Crippen LogP contribution in [-0.4, -0.2) is 18.1 Å². The van der Waals surface area contributed by atoms with Crippen LogP contribution < -0.4 is 5.32 Å². The van der Waals surface area contributed by atoms with Crippen molar-refractivity contribution in [2.75, 3.05) is 13.2 Å². The summed E-state index contributed by atoms with van der Waals surface area (Å²) in [6.45, 7) is 4.74. The molecule has 0 spiro atoms. The monoisotopic (exact) mass is 288 g/mol. The third-order valence-electron chi connectivity index (χ3n) is 3.69. The van der Waals surface area contributed by atoms with Gasteiger partial charge in [-0.1, -0.05) is 30.3 Å². The highest BCUT2D eigenvalue weighted by Crippen LogP contribution is 2.33. The molecule has 0 bridgehead atoms. The van der Waals surface area contributed by atoms with Crippen molar-refractivity contribution in [2.45, 2.75) is 26.0 Å². The molecule has 1 aromatic heterocycles. The summed E-state index contributed by atoms with van der Waals surface area (Å²) in [5, 5.41) is 6.79. The fourth-order valence-electron chi connectivity index (χ4n) is 2.70. The Hall–Kier alpha value is -1.23. The maximum absolute atomic E-state index is 5.91. The minimum Gasteiger partial charge on any atom is -0.373 e. The molecule has 1 N–H and O–H groups in total. The Morgan fingerprint density at radius 1 is 1.35 bits per heavy atom. The first-order chi connectivity index (χ1) is 9.83. The molecule has 1 aliphatic rings. The molecular weight excluding hydrogens is 268 g/mol. The molecule has 0 unspecified atom stereocenters. The molecule has 1 aromatic carbocycles. The highest BCUT2D eigenvalue weighted by Gasteiger charge is 2.29. The fourth-order valence-corrected chi connectivity index (χ4v) is 3.44. The minimum atomic E-state index is 0.238. The van der Waals surface area contributed by atoms with Gasteiger partial charge in [0, 0.05) is 36.7 Å². The lowest BCUT2D eigenvalue weighted by molar-refractivity contribution is 0.0904. The lowest BCUT2D eigenvalue weighted by Crippen LogP contribution is -2.24. The van der Waals surface area contributed by atoms with Crippen molar-refractivity contribution in [3.05, 3.63) is 52.0 Å². The van der Waals surface area contributed by atoms with E-state index in [2.05, 4.69) is 46.0 Å². The van der Waals surface area contributed by atoms with Crippen LogP contribution in [0, 0.1) is 12.8 Å². The van der Waals surface area contributed by atoms with Crippen LogP contribution in [0.25, 0.3) is 0 Å². The molecule has 2 heterocycles. The lowest BCUT2D eigenvalue weighted by Gasteiger charge is -2.19. The maximum Gasteiger partial charge on any atom is 0.107 e. The van der Waals surface area contributed by atoms with Crippen LogP contribution in [0.4, 0.5) is 0 Å². The Morgan fingerprint density at radius 2 is 2.20 bits per heavy atom. The highest BCUT2D eigenvalue weighted by molar-refractivity contribution is 7.09. The number of benzene rings is 1. The number of hydrogen-bond donors (Lipinski definition) is 1. The zero-order valence-electron chi connectivity index (χ0n) is 11.7. The quantitative estimate of drug-likeness (QED) is 0.916. The molecule has 0 radical (unpaired) electrons. The lowest BCUT2D eigenvalue weighted by atomic mass is 9.95. The van der Waals surface area contributed by atoms with E-state index in [1.54, 1.807) is 11.3 Å². The van der Waals surface area contributed by atoms with Crippen LogP contribution in [0.1, 0.15) is 28.8 Å². The van der Waals surface area contributed by atoms with Gasteiger partial charge in [0.05, 0.1) is 6.10 Å². The number of aromatic nitrogens is 1. The molecule has 2 atom stereocenters. The van der Waals surface area contributed by atoms with Gasteiger partial charge in [-0.25, -0.2) is 4.98 Å². The number of thiazole rings is 1. The molecule has 1 fully saturated rings. The van der Waals surface area contributed by atoms with Crippen molar-refractivity contribution in [1.29, 1.82) is 0 Å². The zero-order valence-corrected chi connectivity index (χ0v) is 12.5. The van der Waals surface area contributed by atoms with E-state index >= 15 is 0 Å². The van der Waals surface area contributed by atoms with Crippen LogP contribution in [0.3, 0.4) is 0 Å². The molecule has 3 rings (SSSR count). The first-order valence-electron chi connectivity index (χ1n) is 7.11. The predicted molar refractivity (Wildman–Crippen MR) is 81.8 cm³/mol. The van der Waals surface area contributed by atoms with Gasteiger partial charge in [0.2, 0.25) is 0 Å². The van der Waals surface area contributed by atoms with Gasteiger partial charge in [0.1, 0.15) is 5.01 Å². The second kappa shape index (κ2) is 6.48. The molecule has 20 heavy (non-hydrogen) atoms. The van der Waals surface area contributed by atoms with E-state index in [-0.39, 0.29) is 6.10 Å². The summed E-state index contributed by atoms with van der Waals surface area (Å²) < 4.78 is 5.91. The molecule has 0 aliphatic carbocycles. The molecule has 0 amide bonds. The van der Waals surface area contributed by atoms with E-state index in [1.165, 1.54) is 5.56 Å². The number of nitrogens with zero attached hydrogens (tertiary/aromatic N) is 1. The van der Waals surface area contributed by atoms with E-state index in [9.17, 15) is 0 Å². The van der Waals surface area contributed by atoms with Crippen molar-refractivity contribution in [1.82, 2.24) is 10.3 Å². The van der Waals surface area contributed by atoms with Gasteiger partial charge in [0.15, 0.2) is 0 Å². The molecule has 2 aromatic rings. The third-order valence-corrected chi connectivity index (χ3v) is 4.66. The molecule has 106 valence electrons.